The highest BCUT2D eigenvalue weighted by Gasteiger charge is 2.24. The van der Waals surface area contributed by atoms with E-state index in [1.54, 1.807) is 25.1 Å². The van der Waals surface area contributed by atoms with E-state index in [9.17, 15) is 9.59 Å². The molecule has 0 bridgehead atoms. The number of Topliss-reactive ketones (excluding diaryl/α,β-unsaturated/α-hetero) is 1. The van der Waals surface area contributed by atoms with Crippen LogP contribution >= 0.6 is 11.8 Å². The van der Waals surface area contributed by atoms with Gasteiger partial charge in [0.05, 0.1) is 17.5 Å². The Balaban J connectivity index is 1.95. The van der Waals surface area contributed by atoms with Crippen LogP contribution in [0.1, 0.15) is 30.1 Å². The minimum Gasteiger partial charge on any atom is -0.479 e. The van der Waals surface area contributed by atoms with Gasteiger partial charge >= 0.3 is 0 Å². The van der Waals surface area contributed by atoms with Crippen molar-refractivity contribution in [3.8, 4) is 11.8 Å². The lowest BCUT2D eigenvalue weighted by atomic mass is 10.1. The van der Waals surface area contributed by atoms with Gasteiger partial charge in [-0.3, -0.25) is 9.59 Å². The van der Waals surface area contributed by atoms with Crippen molar-refractivity contribution in [1.82, 2.24) is 0 Å². The first-order chi connectivity index (χ1) is 10.1. The van der Waals surface area contributed by atoms with Crippen molar-refractivity contribution < 1.29 is 14.3 Å². The van der Waals surface area contributed by atoms with Crippen LogP contribution in [0.4, 0.5) is 5.69 Å². The molecule has 2 rings (SSSR count). The molecule has 0 fully saturated rings. The number of rotatable bonds is 6. The van der Waals surface area contributed by atoms with Crippen molar-refractivity contribution in [2.24, 2.45) is 0 Å². The average Bonchev–Trinajstić information content (AvgIpc) is 2.47. The number of ether oxygens (including phenoxy) is 1. The number of nitriles is 1. The number of carbonyl (C=O) groups excluding carboxylic acids is 2. The third-order valence-corrected chi connectivity index (χ3v) is 4.09. The van der Waals surface area contributed by atoms with Crippen LogP contribution in [0.5, 0.6) is 5.75 Å². The summed E-state index contributed by atoms with van der Waals surface area (Å²) in [4.78, 5) is 23.6. The Kier molecular flexibility index (Phi) is 5.23. The second-order valence-electron chi connectivity index (χ2n) is 4.70. The maximum Gasteiger partial charge on any atom is 0.265 e. The quantitative estimate of drug-likeness (QED) is 0.645. The van der Waals surface area contributed by atoms with E-state index in [1.807, 2.05) is 0 Å². The van der Waals surface area contributed by atoms with Gasteiger partial charge in [0.15, 0.2) is 11.9 Å². The summed E-state index contributed by atoms with van der Waals surface area (Å²) < 4.78 is 5.45. The zero-order valence-corrected chi connectivity index (χ0v) is 12.5. The molecular weight excluding hydrogens is 288 g/mol. The van der Waals surface area contributed by atoms with Gasteiger partial charge in [0, 0.05) is 12.0 Å². The standard InChI is InChI=1S/C15H16N2O3S/c1-10-15(19)17-12-8-11(4-5-14(12)20-10)13(18)9-21-7-3-2-6-16/h4-5,8,10H,2-3,7,9H2,1H3,(H,17,19). The molecule has 0 aromatic heterocycles. The number of hydrogen-bond acceptors (Lipinski definition) is 5. The van der Waals surface area contributed by atoms with Crippen molar-refractivity contribution in [3.05, 3.63) is 23.8 Å². The van der Waals surface area contributed by atoms with E-state index >= 15 is 0 Å². The molecule has 1 aromatic carbocycles. The van der Waals surface area contributed by atoms with Crippen LogP contribution in [0.3, 0.4) is 0 Å². The highest BCUT2D eigenvalue weighted by Crippen LogP contribution is 2.30. The smallest absolute Gasteiger partial charge is 0.265 e. The van der Waals surface area contributed by atoms with E-state index < -0.39 is 6.10 Å². The Morgan fingerprint density at radius 1 is 1.52 bits per heavy atom. The molecule has 1 N–H and O–H groups in total. The minimum atomic E-state index is -0.519. The normalized spacial score (nSPS) is 16.4. The van der Waals surface area contributed by atoms with E-state index in [1.165, 1.54) is 11.8 Å². The highest BCUT2D eigenvalue weighted by atomic mass is 32.2. The van der Waals surface area contributed by atoms with Crippen molar-refractivity contribution in [2.75, 3.05) is 16.8 Å². The molecule has 0 saturated heterocycles. The highest BCUT2D eigenvalue weighted by molar-refractivity contribution is 7.99. The number of fused-ring (bicyclic) bond motifs is 1. The largest absolute Gasteiger partial charge is 0.479 e. The summed E-state index contributed by atoms with van der Waals surface area (Å²) in [6, 6.07) is 7.14. The lowest BCUT2D eigenvalue weighted by molar-refractivity contribution is -0.122. The summed E-state index contributed by atoms with van der Waals surface area (Å²) in [5.41, 5.74) is 1.10. The molecule has 1 atom stereocenters. The van der Waals surface area contributed by atoms with Crippen LogP contribution in [0.25, 0.3) is 0 Å². The predicted molar refractivity (Wildman–Crippen MR) is 81.7 cm³/mol. The first-order valence-corrected chi connectivity index (χ1v) is 7.86. The van der Waals surface area contributed by atoms with Gasteiger partial charge in [-0.2, -0.15) is 17.0 Å². The number of thioether (sulfide) groups is 1. The fourth-order valence-electron chi connectivity index (χ4n) is 1.88. The van der Waals surface area contributed by atoms with Crippen molar-refractivity contribution >= 4 is 29.1 Å². The van der Waals surface area contributed by atoms with E-state index in [0.29, 0.717) is 29.2 Å². The Bertz CT molecular complexity index is 595. The van der Waals surface area contributed by atoms with Gasteiger partial charge in [0.1, 0.15) is 5.75 Å². The lowest BCUT2D eigenvalue weighted by Gasteiger charge is -2.23. The van der Waals surface area contributed by atoms with E-state index in [2.05, 4.69) is 11.4 Å². The summed E-state index contributed by atoms with van der Waals surface area (Å²) in [7, 11) is 0. The number of nitrogens with one attached hydrogen (secondary N) is 1. The summed E-state index contributed by atoms with van der Waals surface area (Å²) in [6.07, 6.45) is 0.789. The van der Waals surface area contributed by atoms with Crippen LogP contribution in [-0.4, -0.2) is 29.3 Å². The zero-order chi connectivity index (χ0) is 15.2. The third-order valence-electron chi connectivity index (χ3n) is 3.04. The number of nitrogens with zero attached hydrogens (tertiary/aromatic N) is 1. The maximum atomic E-state index is 12.1. The van der Waals surface area contributed by atoms with Crippen LogP contribution < -0.4 is 10.1 Å². The summed E-state index contributed by atoms with van der Waals surface area (Å²) >= 11 is 1.52. The summed E-state index contributed by atoms with van der Waals surface area (Å²) in [5.74, 6) is 1.54. The Morgan fingerprint density at radius 2 is 2.33 bits per heavy atom. The van der Waals surface area contributed by atoms with Gasteiger partial charge < -0.3 is 10.1 Å². The lowest BCUT2D eigenvalue weighted by Crippen LogP contribution is -2.34. The third kappa shape index (κ3) is 3.99. The molecule has 5 nitrogen and oxygen atoms in total. The number of hydrogen-bond donors (Lipinski definition) is 1. The first kappa shape index (κ1) is 15.4. The van der Waals surface area contributed by atoms with Gasteiger partial charge in [-0.05, 0) is 37.3 Å². The van der Waals surface area contributed by atoms with Gasteiger partial charge in [0.25, 0.3) is 5.91 Å². The van der Waals surface area contributed by atoms with E-state index in [4.69, 9.17) is 10.00 Å². The van der Waals surface area contributed by atoms with Gasteiger partial charge in [-0.25, -0.2) is 0 Å². The molecule has 110 valence electrons. The molecular formula is C15H16N2O3S. The molecule has 6 heteroatoms. The molecule has 1 aliphatic rings. The molecule has 1 unspecified atom stereocenters. The van der Waals surface area contributed by atoms with Crippen molar-refractivity contribution in [1.29, 1.82) is 5.26 Å². The molecule has 21 heavy (non-hydrogen) atoms. The summed E-state index contributed by atoms with van der Waals surface area (Å²) in [5, 5.41) is 11.2. The van der Waals surface area contributed by atoms with Gasteiger partial charge in [-0.1, -0.05) is 0 Å². The van der Waals surface area contributed by atoms with Crippen LogP contribution in [0.2, 0.25) is 0 Å². The minimum absolute atomic E-state index is 0.00706. The zero-order valence-electron chi connectivity index (χ0n) is 11.7. The van der Waals surface area contributed by atoms with Crippen LogP contribution in [0.15, 0.2) is 18.2 Å². The van der Waals surface area contributed by atoms with Crippen molar-refractivity contribution in [2.45, 2.75) is 25.9 Å². The number of amides is 1. The second-order valence-corrected chi connectivity index (χ2v) is 5.80. The number of ketones is 1. The second kappa shape index (κ2) is 7.14. The number of benzene rings is 1. The number of carbonyl (C=O) groups is 2. The monoisotopic (exact) mass is 304 g/mol. The molecule has 0 radical (unpaired) electrons. The van der Waals surface area contributed by atoms with Gasteiger partial charge in [-0.15, -0.1) is 0 Å². The average molecular weight is 304 g/mol. The number of unbranched alkanes of at least 4 members (excludes halogenated alkanes) is 1. The maximum absolute atomic E-state index is 12.1. The molecule has 0 aliphatic carbocycles. The fourth-order valence-corrected chi connectivity index (χ4v) is 2.73. The molecule has 1 amide bonds. The molecule has 1 aliphatic heterocycles. The Morgan fingerprint density at radius 3 is 3.10 bits per heavy atom. The van der Waals surface area contributed by atoms with Gasteiger partial charge in [0.2, 0.25) is 0 Å². The Hall–Kier alpha value is -2.00. The van der Waals surface area contributed by atoms with Crippen LogP contribution in [0, 0.1) is 11.3 Å². The van der Waals surface area contributed by atoms with Crippen molar-refractivity contribution in [3.63, 3.8) is 0 Å². The number of anilines is 1. The SMILES string of the molecule is CC1Oc2ccc(C(=O)CSCCCC#N)cc2NC1=O. The molecule has 1 aromatic rings. The van der Waals surface area contributed by atoms with E-state index in [-0.39, 0.29) is 11.7 Å². The van der Waals surface area contributed by atoms with E-state index in [0.717, 1.165) is 12.2 Å². The van der Waals surface area contributed by atoms with Crippen LogP contribution in [-0.2, 0) is 4.79 Å². The topological polar surface area (TPSA) is 79.2 Å². The Labute approximate surface area is 127 Å². The summed E-state index contributed by atoms with van der Waals surface area (Å²) in [6.45, 7) is 1.68. The molecule has 0 saturated carbocycles. The first-order valence-electron chi connectivity index (χ1n) is 6.71. The predicted octanol–water partition coefficient (Wildman–Crippen LogP) is 2.63. The fraction of sp³-hybridized carbons (Fsp3) is 0.400. The molecule has 1 heterocycles. The molecule has 0 spiro atoms.